The van der Waals surface area contributed by atoms with Crippen molar-refractivity contribution in [2.75, 3.05) is 13.2 Å². The number of ether oxygens (including phenoxy) is 1. The quantitative estimate of drug-likeness (QED) is 0.783. The third-order valence-electron chi connectivity index (χ3n) is 3.60. The minimum Gasteiger partial charge on any atom is -0.465 e. The molecule has 0 aromatic carbocycles. The average Bonchev–Trinajstić information content (AvgIpc) is 2.88. The lowest BCUT2D eigenvalue weighted by atomic mass is 10.0. The Kier molecular flexibility index (Phi) is 5.54. The molecular weight excluding hydrogens is 272 g/mol. The van der Waals surface area contributed by atoms with Crippen LogP contribution in [0.1, 0.15) is 56.7 Å². The van der Waals surface area contributed by atoms with Gasteiger partial charge in [-0.1, -0.05) is 20.3 Å². The van der Waals surface area contributed by atoms with Gasteiger partial charge in [0.05, 0.1) is 17.3 Å². The molecule has 1 aromatic heterocycles. The Morgan fingerprint density at radius 2 is 2.35 bits per heavy atom. The first-order valence-corrected chi connectivity index (χ1v) is 8.34. The summed E-state index contributed by atoms with van der Waals surface area (Å²) in [6.07, 6.45) is 3.16. The number of rotatable bonds is 5. The summed E-state index contributed by atoms with van der Waals surface area (Å²) in [6, 6.07) is -0.0899. The molecule has 2 heterocycles. The van der Waals surface area contributed by atoms with Gasteiger partial charge in [0, 0.05) is 17.8 Å². The molecule has 2 rings (SSSR count). The number of thiazole rings is 1. The molecule has 1 atom stereocenters. The maximum absolute atomic E-state index is 12.0. The van der Waals surface area contributed by atoms with Crippen molar-refractivity contribution in [1.29, 1.82) is 0 Å². The van der Waals surface area contributed by atoms with Crippen LogP contribution in [0.4, 0.5) is 0 Å². The van der Waals surface area contributed by atoms with Crippen LogP contribution in [0.5, 0.6) is 0 Å². The van der Waals surface area contributed by atoms with Gasteiger partial charge in [0.15, 0.2) is 0 Å². The maximum Gasteiger partial charge on any atom is 0.323 e. The molecule has 0 N–H and O–H groups in total. The summed E-state index contributed by atoms with van der Waals surface area (Å²) >= 11 is 1.71. The van der Waals surface area contributed by atoms with Gasteiger partial charge < -0.3 is 4.74 Å². The summed E-state index contributed by atoms with van der Waals surface area (Å²) < 4.78 is 5.19. The van der Waals surface area contributed by atoms with E-state index in [1.807, 2.05) is 6.92 Å². The Balaban J connectivity index is 2.02. The van der Waals surface area contributed by atoms with Crippen molar-refractivity contribution in [1.82, 2.24) is 9.88 Å². The molecule has 1 saturated heterocycles. The van der Waals surface area contributed by atoms with Crippen LogP contribution in [0.2, 0.25) is 0 Å². The molecule has 1 aliphatic rings. The second-order valence-corrected chi connectivity index (χ2v) is 6.46. The van der Waals surface area contributed by atoms with Crippen LogP contribution in [-0.4, -0.2) is 35.0 Å². The zero-order valence-corrected chi connectivity index (χ0v) is 13.4. The minimum atomic E-state index is -0.0899. The van der Waals surface area contributed by atoms with Gasteiger partial charge in [-0.15, -0.1) is 11.3 Å². The number of hydrogen-bond donors (Lipinski definition) is 0. The fourth-order valence-corrected chi connectivity index (χ4v) is 3.38. The van der Waals surface area contributed by atoms with Crippen molar-refractivity contribution in [3.05, 3.63) is 16.1 Å². The van der Waals surface area contributed by atoms with Crippen LogP contribution in [0.3, 0.4) is 0 Å². The van der Waals surface area contributed by atoms with E-state index in [1.165, 1.54) is 5.01 Å². The van der Waals surface area contributed by atoms with E-state index < -0.39 is 0 Å². The highest BCUT2D eigenvalue weighted by Gasteiger charge is 2.30. The lowest BCUT2D eigenvalue weighted by Crippen LogP contribution is -2.45. The van der Waals surface area contributed by atoms with Crippen molar-refractivity contribution in [2.24, 2.45) is 0 Å². The van der Waals surface area contributed by atoms with Gasteiger partial charge in [0.1, 0.15) is 6.04 Å². The summed E-state index contributed by atoms with van der Waals surface area (Å²) in [5.41, 5.74) is 1.08. The number of nitrogens with zero attached hydrogens (tertiary/aromatic N) is 2. The normalized spacial score (nSPS) is 20.3. The second kappa shape index (κ2) is 7.18. The van der Waals surface area contributed by atoms with Crippen LogP contribution in [0.15, 0.2) is 5.38 Å². The molecule has 0 saturated carbocycles. The molecule has 1 unspecified atom stereocenters. The Hall–Kier alpha value is -0.940. The molecule has 1 fully saturated rings. The topological polar surface area (TPSA) is 42.4 Å². The zero-order chi connectivity index (χ0) is 14.5. The van der Waals surface area contributed by atoms with Crippen LogP contribution in [-0.2, 0) is 16.1 Å². The van der Waals surface area contributed by atoms with E-state index in [1.54, 1.807) is 11.3 Å². The van der Waals surface area contributed by atoms with E-state index in [-0.39, 0.29) is 12.0 Å². The fraction of sp³-hybridized carbons (Fsp3) is 0.733. The number of hydrogen-bond acceptors (Lipinski definition) is 5. The molecule has 1 aliphatic heterocycles. The van der Waals surface area contributed by atoms with E-state index in [4.69, 9.17) is 4.74 Å². The monoisotopic (exact) mass is 296 g/mol. The molecule has 0 bridgehead atoms. The third kappa shape index (κ3) is 3.79. The van der Waals surface area contributed by atoms with Crippen LogP contribution in [0.25, 0.3) is 0 Å². The molecule has 0 aliphatic carbocycles. The van der Waals surface area contributed by atoms with Crippen molar-refractivity contribution in [3.8, 4) is 0 Å². The predicted octanol–water partition coefficient (Wildman–Crippen LogP) is 3.18. The Morgan fingerprint density at radius 1 is 1.55 bits per heavy atom. The first-order valence-electron chi connectivity index (χ1n) is 7.46. The van der Waals surface area contributed by atoms with Crippen molar-refractivity contribution in [2.45, 2.75) is 58.5 Å². The molecule has 20 heavy (non-hydrogen) atoms. The van der Waals surface area contributed by atoms with Crippen LogP contribution < -0.4 is 0 Å². The van der Waals surface area contributed by atoms with Crippen molar-refractivity contribution in [3.63, 3.8) is 0 Å². The Bertz CT molecular complexity index is 445. The summed E-state index contributed by atoms with van der Waals surface area (Å²) in [5.74, 6) is 0.391. The van der Waals surface area contributed by atoms with Crippen molar-refractivity contribution < 1.29 is 9.53 Å². The summed E-state index contributed by atoms with van der Waals surface area (Å²) in [6.45, 7) is 8.35. The molecular formula is C15H24N2O2S. The highest BCUT2D eigenvalue weighted by Crippen LogP contribution is 2.24. The smallest absolute Gasteiger partial charge is 0.323 e. The fourth-order valence-electron chi connectivity index (χ4n) is 2.55. The first kappa shape index (κ1) is 15.4. The Labute approximate surface area is 125 Å². The van der Waals surface area contributed by atoms with Crippen LogP contribution >= 0.6 is 11.3 Å². The van der Waals surface area contributed by atoms with E-state index in [9.17, 15) is 4.79 Å². The highest BCUT2D eigenvalue weighted by molar-refractivity contribution is 7.09. The second-order valence-electron chi connectivity index (χ2n) is 5.57. The molecule has 0 amide bonds. The standard InChI is InChI=1S/C15H24N2O2S/c1-4-19-15(18)13-7-5-6-8-17(13)9-12-10-20-14(16-12)11(2)3/h10-11,13H,4-9H2,1-3H3. The average molecular weight is 296 g/mol. The van der Waals surface area contributed by atoms with Gasteiger partial charge in [0.25, 0.3) is 0 Å². The van der Waals surface area contributed by atoms with Crippen molar-refractivity contribution >= 4 is 17.3 Å². The number of piperidine rings is 1. The largest absolute Gasteiger partial charge is 0.465 e. The number of likely N-dealkylation sites (tertiary alicyclic amines) is 1. The maximum atomic E-state index is 12.0. The summed E-state index contributed by atoms with van der Waals surface area (Å²) in [4.78, 5) is 18.9. The van der Waals surface area contributed by atoms with Gasteiger partial charge >= 0.3 is 5.97 Å². The van der Waals surface area contributed by atoms with Gasteiger partial charge in [0.2, 0.25) is 0 Å². The summed E-state index contributed by atoms with van der Waals surface area (Å²) in [7, 11) is 0. The SMILES string of the molecule is CCOC(=O)C1CCCCN1Cc1csc(C(C)C)n1. The lowest BCUT2D eigenvalue weighted by molar-refractivity contribution is -0.151. The molecule has 4 nitrogen and oxygen atoms in total. The predicted molar refractivity (Wildman–Crippen MR) is 80.9 cm³/mol. The molecule has 0 radical (unpaired) electrons. The number of carbonyl (C=O) groups excluding carboxylic acids is 1. The van der Waals surface area contributed by atoms with E-state index in [0.717, 1.165) is 38.0 Å². The van der Waals surface area contributed by atoms with Gasteiger partial charge in [-0.2, -0.15) is 0 Å². The minimum absolute atomic E-state index is 0.0773. The molecule has 1 aromatic rings. The third-order valence-corrected chi connectivity index (χ3v) is 4.79. The first-order chi connectivity index (χ1) is 9.61. The van der Waals surface area contributed by atoms with Crippen LogP contribution in [0, 0.1) is 0 Å². The number of aromatic nitrogens is 1. The molecule has 112 valence electrons. The molecule has 0 spiro atoms. The van der Waals surface area contributed by atoms with E-state index in [0.29, 0.717) is 12.5 Å². The number of carbonyl (C=O) groups is 1. The number of esters is 1. The van der Waals surface area contributed by atoms with Gasteiger partial charge in [-0.3, -0.25) is 9.69 Å². The van der Waals surface area contributed by atoms with Gasteiger partial charge in [-0.05, 0) is 26.3 Å². The zero-order valence-electron chi connectivity index (χ0n) is 12.6. The highest BCUT2D eigenvalue weighted by atomic mass is 32.1. The lowest BCUT2D eigenvalue weighted by Gasteiger charge is -2.33. The van der Waals surface area contributed by atoms with Gasteiger partial charge in [-0.25, -0.2) is 4.98 Å². The molecule has 5 heteroatoms. The van der Waals surface area contributed by atoms with E-state index >= 15 is 0 Å². The summed E-state index contributed by atoms with van der Waals surface area (Å²) in [5, 5.41) is 3.29. The van der Waals surface area contributed by atoms with E-state index in [2.05, 4.69) is 29.1 Å². The Morgan fingerprint density at radius 3 is 3.00 bits per heavy atom.